The Kier molecular flexibility index (Phi) is 4.96. The average Bonchev–Trinajstić information content (AvgIpc) is 2.89. The molecule has 1 aromatic carbocycles. The molecule has 19 heavy (non-hydrogen) atoms. The predicted molar refractivity (Wildman–Crippen MR) is 84.2 cm³/mol. The maximum absolute atomic E-state index is 12.8. The Morgan fingerprint density at radius 3 is 2.32 bits per heavy atom. The lowest BCUT2D eigenvalue weighted by atomic mass is 10.3. The zero-order valence-electron chi connectivity index (χ0n) is 11.5. The molecular formula is C13H22N3OPS. The fraction of sp³-hybridized carbons (Fsp3) is 0.538. The molecule has 1 saturated carbocycles. The largest absolute Gasteiger partial charge is 0.315 e. The molecule has 2 N–H and O–H groups in total. The van der Waals surface area contributed by atoms with Crippen molar-refractivity contribution < 1.29 is 4.57 Å². The second-order valence-corrected chi connectivity index (χ2v) is 8.95. The summed E-state index contributed by atoms with van der Waals surface area (Å²) in [5.41, 5.74) is 7.02. The summed E-state index contributed by atoms with van der Waals surface area (Å²) in [7, 11) is 0.520. The van der Waals surface area contributed by atoms with Crippen LogP contribution in [0.1, 0.15) is 25.7 Å². The van der Waals surface area contributed by atoms with Gasteiger partial charge in [0.1, 0.15) is 0 Å². The van der Waals surface area contributed by atoms with Crippen molar-refractivity contribution in [2.75, 3.05) is 18.2 Å². The number of nitrogens with two attached hydrogens (primary N) is 1. The first kappa shape index (κ1) is 14.9. The van der Waals surface area contributed by atoms with Crippen molar-refractivity contribution in [2.24, 2.45) is 5.50 Å². The van der Waals surface area contributed by atoms with Gasteiger partial charge in [-0.05, 0) is 51.0 Å². The highest BCUT2D eigenvalue weighted by molar-refractivity contribution is 8.07. The van der Waals surface area contributed by atoms with E-state index in [2.05, 4.69) is 0 Å². The van der Waals surface area contributed by atoms with E-state index in [0.717, 1.165) is 5.69 Å². The molecule has 1 fully saturated rings. The Morgan fingerprint density at radius 2 is 1.79 bits per heavy atom. The first-order chi connectivity index (χ1) is 9.01. The van der Waals surface area contributed by atoms with Gasteiger partial charge in [0.15, 0.2) is 0 Å². The van der Waals surface area contributed by atoms with E-state index in [-0.39, 0.29) is 0 Å². The summed E-state index contributed by atoms with van der Waals surface area (Å²) in [4.78, 5) is 0. The highest BCUT2D eigenvalue weighted by Crippen LogP contribution is 2.53. The molecule has 0 aliphatic heterocycles. The highest BCUT2D eigenvalue weighted by atomic mass is 32.2. The summed E-state index contributed by atoms with van der Waals surface area (Å²) in [6, 6.07) is 9.79. The van der Waals surface area contributed by atoms with Gasteiger partial charge in [0.05, 0.1) is 5.69 Å². The fourth-order valence-corrected chi connectivity index (χ4v) is 5.38. The Bertz CT molecular complexity index is 448. The molecule has 1 atom stereocenters. The topological polar surface area (TPSA) is 49.6 Å². The van der Waals surface area contributed by atoms with Crippen LogP contribution < -0.4 is 9.58 Å². The van der Waals surface area contributed by atoms with Crippen LogP contribution in [0.2, 0.25) is 0 Å². The first-order valence-corrected chi connectivity index (χ1v) is 9.12. The number of hydrogen-bond acceptors (Lipinski definition) is 2. The SMILES string of the molecule is CN(C)P(N)(=O)N(SC1CCCC1)c1ccccc1. The second-order valence-electron chi connectivity index (χ2n) is 5.06. The van der Waals surface area contributed by atoms with E-state index in [1.54, 1.807) is 30.7 Å². The predicted octanol–water partition coefficient (Wildman–Crippen LogP) is 3.71. The molecule has 2 rings (SSSR count). The van der Waals surface area contributed by atoms with Crippen molar-refractivity contribution in [3.63, 3.8) is 0 Å². The minimum atomic E-state index is -3.02. The number of hydrogen-bond donors (Lipinski definition) is 1. The minimum Gasteiger partial charge on any atom is -0.263 e. The van der Waals surface area contributed by atoms with Crippen LogP contribution in [0.3, 0.4) is 0 Å². The van der Waals surface area contributed by atoms with Gasteiger partial charge < -0.3 is 0 Å². The van der Waals surface area contributed by atoms with Crippen molar-refractivity contribution in [3.05, 3.63) is 30.3 Å². The van der Waals surface area contributed by atoms with E-state index in [0.29, 0.717) is 5.25 Å². The van der Waals surface area contributed by atoms with Gasteiger partial charge in [-0.2, -0.15) is 0 Å². The molecule has 1 aromatic rings. The molecule has 106 valence electrons. The van der Waals surface area contributed by atoms with Gasteiger partial charge in [0.25, 0.3) is 0 Å². The van der Waals surface area contributed by atoms with E-state index in [9.17, 15) is 4.57 Å². The molecule has 4 nitrogen and oxygen atoms in total. The van der Waals surface area contributed by atoms with Crippen LogP contribution in [0, 0.1) is 0 Å². The summed E-state index contributed by atoms with van der Waals surface area (Å²) in [5, 5.41) is 0.525. The molecule has 0 bridgehead atoms. The van der Waals surface area contributed by atoms with E-state index >= 15 is 0 Å². The smallest absolute Gasteiger partial charge is 0.263 e. The van der Waals surface area contributed by atoms with Crippen molar-refractivity contribution in [3.8, 4) is 0 Å². The molecule has 0 saturated heterocycles. The Hall–Kier alpha value is -0.480. The monoisotopic (exact) mass is 299 g/mol. The summed E-state index contributed by atoms with van der Waals surface area (Å²) < 4.78 is 16.3. The van der Waals surface area contributed by atoms with Gasteiger partial charge in [-0.3, -0.25) is 10.1 Å². The zero-order valence-corrected chi connectivity index (χ0v) is 13.2. The molecule has 1 aliphatic rings. The minimum absolute atomic E-state index is 0.525. The molecular weight excluding hydrogens is 277 g/mol. The lowest BCUT2D eigenvalue weighted by Gasteiger charge is -2.34. The second kappa shape index (κ2) is 6.31. The van der Waals surface area contributed by atoms with Crippen LogP contribution in [0.25, 0.3) is 0 Å². The van der Waals surface area contributed by atoms with E-state index in [1.165, 1.54) is 25.7 Å². The fourth-order valence-electron chi connectivity index (χ4n) is 2.15. The summed E-state index contributed by atoms with van der Waals surface area (Å²) in [6.07, 6.45) is 4.89. The molecule has 0 heterocycles. The molecule has 1 unspecified atom stereocenters. The van der Waals surface area contributed by atoms with Crippen LogP contribution in [0.5, 0.6) is 0 Å². The molecule has 6 heteroatoms. The van der Waals surface area contributed by atoms with Gasteiger partial charge in [-0.25, -0.2) is 8.75 Å². The van der Waals surface area contributed by atoms with Gasteiger partial charge >= 0.3 is 7.59 Å². The summed E-state index contributed by atoms with van der Waals surface area (Å²) in [6.45, 7) is 0. The number of para-hydroxylation sites is 1. The Labute approximate surface area is 120 Å². The van der Waals surface area contributed by atoms with Crippen molar-refractivity contribution >= 4 is 25.2 Å². The summed E-state index contributed by atoms with van der Waals surface area (Å²) in [5.74, 6) is 0. The Morgan fingerprint density at radius 1 is 1.21 bits per heavy atom. The molecule has 0 amide bonds. The molecule has 0 aromatic heterocycles. The van der Waals surface area contributed by atoms with E-state index < -0.39 is 7.59 Å². The van der Waals surface area contributed by atoms with Crippen LogP contribution in [-0.4, -0.2) is 24.0 Å². The quantitative estimate of drug-likeness (QED) is 0.663. The van der Waals surface area contributed by atoms with Crippen LogP contribution >= 0.6 is 19.5 Å². The lowest BCUT2D eigenvalue weighted by molar-refractivity contribution is 0.517. The Balaban J connectivity index is 2.25. The van der Waals surface area contributed by atoms with Crippen LogP contribution in [-0.2, 0) is 4.57 Å². The number of nitrogens with zero attached hydrogens (tertiary/aromatic N) is 2. The maximum Gasteiger partial charge on any atom is 0.315 e. The summed E-state index contributed by atoms with van der Waals surface area (Å²) >= 11 is 1.64. The highest BCUT2D eigenvalue weighted by Gasteiger charge is 2.33. The number of benzene rings is 1. The molecule has 0 spiro atoms. The zero-order chi connectivity index (χ0) is 13.9. The average molecular weight is 299 g/mol. The third-order valence-electron chi connectivity index (χ3n) is 3.36. The standard InChI is InChI=1S/C13H22N3OPS/c1-15(2)18(14,17)16(12-8-4-3-5-9-12)19-13-10-6-7-11-13/h3-5,8-9,13H,6-7,10-11H2,1-2H3,(H2,14,17). The number of rotatable bonds is 5. The third-order valence-corrected chi connectivity index (χ3v) is 7.42. The molecule has 1 aliphatic carbocycles. The lowest BCUT2D eigenvalue weighted by Crippen LogP contribution is -2.28. The third kappa shape index (κ3) is 3.54. The normalized spacial score (nSPS) is 19.6. The maximum atomic E-state index is 12.8. The van der Waals surface area contributed by atoms with Crippen LogP contribution in [0.4, 0.5) is 5.69 Å². The van der Waals surface area contributed by atoms with E-state index in [1.807, 2.05) is 34.4 Å². The first-order valence-electron chi connectivity index (χ1n) is 6.60. The van der Waals surface area contributed by atoms with Crippen molar-refractivity contribution in [1.82, 2.24) is 4.67 Å². The van der Waals surface area contributed by atoms with Crippen molar-refractivity contribution in [2.45, 2.75) is 30.9 Å². The van der Waals surface area contributed by atoms with Gasteiger partial charge in [-0.15, -0.1) is 0 Å². The molecule has 0 radical (unpaired) electrons. The van der Waals surface area contributed by atoms with E-state index in [4.69, 9.17) is 5.50 Å². The van der Waals surface area contributed by atoms with Gasteiger partial charge in [0, 0.05) is 5.25 Å². The van der Waals surface area contributed by atoms with Crippen LogP contribution in [0.15, 0.2) is 30.3 Å². The van der Waals surface area contributed by atoms with Gasteiger partial charge in [0.2, 0.25) is 0 Å². The van der Waals surface area contributed by atoms with Crippen molar-refractivity contribution in [1.29, 1.82) is 0 Å². The number of anilines is 1. The van der Waals surface area contributed by atoms with Gasteiger partial charge in [-0.1, -0.05) is 31.0 Å².